The van der Waals surface area contributed by atoms with Crippen LogP contribution in [0.4, 0.5) is 5.69 Å². The Bertz CT molecular complexity index is 899. The van der Waals surface area contributed by atoms with Gasteiger partial charge >= 0.3 is 0 Å². The van der Waals surface area contributed by atoms with Crippen molar-refractivity contribution in [3.05, 3.63) is 66.8 Å². The lowest BCUT2D eigenvalue weighted by atomic mass is 10.2. The van der Waals surface area contributed by atoms with Gasteiger partial charge in [-0.3, -0.25) is 14.8 Å². The molecule has 3 aromatic rings. The summed E-state index contributed by atoms with van der Waals surface area (Å²) in [5.74, 6) is 0.852. The molecule has 0 aliphatic carbocycles. The third kappa shape index (κ3) is 6.34. The SMILES string of the molecule is CN=C(NCC(=O)Nc1cccnc1)NCc1coc(-c2ccccc2)n1.I. The van der Waals surface area contributed by atoms with Crippen molar-refractivity contribution in [3.63, 3.8) is 0 Å². The minimum atomic E-state index is -0.196. The lowest BCUT2D eigenvalue weighted by Gasteiger charge is -2.11. The highest BCUT2D eigenvalue weighted by molar-refractivity contribution is 14.0. The molecule has 0 aliphatic rings. The van der Waals surface area contributed by atoms with Crippen LogP contribution in [0.15, 0.2) is 70.5 Å². The summed E-state index contributed by atoms with van der Waals surface area (Å²) >= 11 is 0. The third-order valence-electron chi connectivity index (χ3n) is 3.59. The largest absolute Gasteiger partial charge is 0.444 e. The topological polar surface area (TPSA) is 104 Å². The first kappa shape index (κ1) is 21.4. The molecule has 9 heteroatoms. The number of nitrogens with zero attached hydrogens (tertiary/aromatic N) is 3. The van der Waals surface area contributed by atoms with Crippen molar-refractivity contribution in [1.29, 1.82) is 0 Å². The van der Waals surface area contributed by atoms with E-state index in [1.54, 1.807) is 37.8 Å². The number of halogens is 1. The lowest BCUT2D eigenvalue weighted by molar-refractivity contribution is -0.115. The van der Waals surface area contributed by atoms with Gasteiger partial charge in [-0.05, 0) is 24.3 Å². The molecular formula is C19H21IN6O2. The van der Waals surface area contributed by atoms with Crippen molar-refractivity contribution in [2.75, 3.05) is 18.9 Å². The molecule has 8 nitrogen and oxygen atoms in total. The second kappa shape index (κ2) is 11.0. The smallest absolute Gasteiger partial charge is 0.243 e. The van der Waals surface area contributed by atoms with Gasteiger partial charge in [0.05, 0.1) is 30.7 Å². The number of nitrogens with one attached hydrogen (secondary N) is 3. The number of carbonyl (C=O) groups excluding carboxylic acids is 1. The highest BCUT2D eigenvalue weighted by Crippen LogP contribution is 2.17. The number of hydrogen-bond donors (Lipinski definition) is 3. The van der Waals surface area contributed by atoms with Crippen LogP contribution in [0.3, 0.4) is 0 Å². The van der Waals surface area contributed by atoms with E-state index in [-0.39, 0.29) is 36.4 Å². The second-order valence-corrected chi connectivity index (χ2v) is 5.58. The molecular weight excluding hydrogens is 471 g/mol. The van der Waals surface area contributed by atoms with Crippen molar-refractivity contribution < 1.29 is 9.21 Å². The fraction of sp³-hybridized carbons (Fsp3) is 0.158. The van der Waals surface area contributed by atoms with Crippen LogP contribution in [0.2, 0.25) is 0 Å². The molecule has 1 amide bonds. The number of benzene rings is 1. The quantitative estimate of drug-likeness (QED) is 0.278. The summed E-state index contributed by atoms with van der Waals surface area (Å²) in [6.45, 7) is 0.489. The molecule has 2 aromatic heterocycles. The van der Waals surface area contributed by atoms with Crippen LogP contribution in [-0.2, 0) is 11.3 Å². The van der Waals surface area contributed by atoms with Gasteiger partial charge in [-0.25, -0.2) is 4.98 Å². The van der Waals surface area contributed by atoms with E-state index < -0.39 is 0 Å². The van der Waals surface area contributed by atoms with Gasteiger partial charge in [0.2, 0.25) is 11.8 Å². The van der Waals surface area contributed by atoms with E-state index in [0.29, 0.717) is 24.1 Å². The molecule has 0 radical (unpaired) electrons. The van der Waals surface area contributed by atoms with E-state index in [4.69, 9.17) is 4.42 Å². The number of carbonyl (C=O) groups is 1. The molecule has 3 rings (SSSR count). The summed E-state index contributed by atoms with van der Waals surface area (Å²) in [4.78, 5) is 24.4. The predicted octanol–water partition coefficient (Wildman–Crippen LogP) is 2.66. The molecule has 1 aromatic carbocycles. The van der Waals surface area contributed by atoms with Crippen LogP contribution in [0, 0.1) is 0 Å². The van der Waals surface area contributed by atoms with Gasteiger partial charge in [0.1, 0.15) is 6.26 Å². The molecule has 3 N–H and O–H groups in total. The predicted molar refractivity (Wildman–Crippen MR) is 118 cm³/mol. The molecule has 0 aliphatic heterocycles. The molecule has 0 saturated heterocycles. The summed E-state index contributed by atoms with van der Waals surface area (Å²) in [5.41, 5.74) is 2.29. The zero-order chi connectivity index (χ0) is 18.9. The van der Waals surface area contributed by atoms with E-state index in [2.05, 4.69) is 30.9 Å². The van der Waals surface area contributed by atoms with Gasteiger partial charge in [-0.15, -0.1) is 24.0 Å². The monoisotopic (exact) mass is 492 g/mol. The van der Waals surface area contributed by atoms with Crippen LogP contribution in [0.5, 0.6) is 0 Å². The second-order valence-electron chi connectivity index (χ2n) is 5.58. The average Bonchev–Trinajstić information content (AvgIpc) is 3.19. The zero-order valence-corrected chi connectivity index (χ0v) is 17.6. The Labute approximate surface area is 179 Å². The van der Waals surface area contributed by atoms with Gasteiger partial charge in [0, 0.05) is 18.8 Å². The van der Waals surface area contributed by atoms with Crippen molar-refractivity contribution in [1.82, 2.24) is 20.6 Å². The van der Waals surface area contributed by atoms with Crippen LogP contribution in [0.25, 0.3) is 11.5 Å². The fourth-order valence-corrected chi connectivity index (χ4v) is 2.30. The summed E-state index contributed by atoms with van der Waals surface area (Å²) < 4.78 is 5.50. The lowest BCUT2D eigenvalue weighted by Crippen LogP contribution is -2.41. The Hall–Kier alpha value is -2.95. The van der Waals surface area contributed by atoms with Crippen LogP contribution in [0.1, 0.15) is 5.69 Å². The number of guanidine groups is 1. The van der Waals surface area contributed by atoms with Gasteiger partial charge in [-0.2, -0.15) is 0 Å². The number of aromatic nitrogens is 2. The van der Waals surface area contributed by atoms with Gasteiger partial charge in [-0.1, -0.05) is 18.2 Å². The molecule has 0 bridgehead atoms. The first-order chi connectivity index (χ1) is 13.2. The first-order valence-corrected chi connectivity index (χ1v) is 8.39. The Kier molecular flexibility index (Phi) is 8.40. The fourth-order valence-electron chi connectivity index (χ4n) is 2.30. The normalized spacial score (nSPS) is 10.7. The highest BCUT2D eigenvalue weighted by Gasteiger charge is 2.08. The van der Waals surface area contributed by atoms with Gasteiger partial charge in [0.25, 0.3) is 0 Å². The van der Waals surface area contributed by atoms with Crippen LogP contribution < -0.4 is 16.0 Å². The Balaban J connectivity index is 0.00000280. The molecule has 2 heterocycles. The van der Waals surface area contributed by atoms with E-state index in [0.717, 1.165) is 11.3 Å². The van der Waals surface area contributed by atoms with Crippen molar-refractivity contribution >= 4 is 41.5 Å². The third-order valence-corrected chi connectivity index (χ3v) is 3.59. The van der Waals surface area contributed by atoms with Gasteiger partial charge < -0.3 is 20.4 Å². The Morgan fingerprint density at radius 2 is 1.96 bits per heavy atom. The number of anilines is 1. The molecule has 0 unspecified atom stereocenters. The summed E-state index contributed by atoms with van der Waals surface area (Å²) in [6.07, 6.45) is 4.82. The van der Waals surface area contributed by atoms with E-state index in [1.807, 2.05) is 30.3 Å². The standard InChI is InChI=1S/C19H20N6O2.HI/c1-20-19(23-12-17(26)24-15-8-5-9-21-10-15)22-11-16-13-27-18(25-16)14-6-3-2-4-7-14;/h2-10,13H,11-12H2,1H3,(H,24,26)(H2,20,22,23);1H. The summed E-state index contributed by atoms with van der Waals surface area (Å²) in [5, 5.41) is 8.78. The van der Waals surface area contributed by atoms with Crippen molar-refractivity contribution in [2.45, 2.75) is 6.54 Å². The number of oxazole rings is 1. The number of hydrogen-bond acceptors (Lipinski definition) is 5. The molecule has 28 heavy (non-hydrogen) atoms. The zero-order valence-electron chi connectivity index (χ0n) is 15.3. The Morgan fingerprint density at radius 1 is 1.14 bits per heavy atom. The number of rotatable bonds is 6. The summed E-state index contributed by atoms with van der Waals surface area (Å²) in [6, 6.07) is 13.2. The molecule has 0 atom stereocenters. The van der Waals surface area contributed by atoms with Crippen LogP contribution in [-0.4, -0.2) is 35.4 Å². The van der Waals surface area contributed by atoms with E-state index >= 15 is 0 Å². The minimum Gasteiger partial charge on any atom is -0.444 e. The van der Waals surface area contributed by atoms with Crippen LogP contribution >= 0.6 is 24.0 Å². The number of amides is 1. The number of pyridine rings is 1. The Morgan fingerprint density at radius 3 is 2.68 bits per heavy atom. The van der Waals surface area contributed by atoms with Crippen molar-refractivity contribution in [3.8, 4) is 11.5 Å². The molecule has 0 fully saturated rings. The molecule has 146 valence electrons. The first-order valence-electron chi connectivity index (χ1n) is 8.39. The minimum absolute atomic E-state index is 0. The maximum Gasteiger partial charge on any atom is 0.243 e. The van der Waals surface area contributed by atoms with E-state index in [9.17, 15) is 4.79 Å². The number of aliphatic imine (C=N–C) groups is 1. The van der Waals surface area contributed by atoms with Crippen molar-refractivity contribution in [2.24, 2.45) is 4.99 Å². The van der Waals surface area contributed by atoms with Gasteiger partial charge in [0.15, 0.2) is 5.96 Å². The summed E-state index contributed by atoms with van der Waals surface area (Å²) in [7, 11) is 1.63. The molecule has 0 spiro atoms. The molecule has 0 saturated carbocycles. The van der Waals surface area contributed by atoms with E-state index in [1.165, 1.54) is 0 Å². The maximum atomic E-state index is 12.0. The maximum absolute atomic E-state index is 12.0. The highest BCUT2D eigenvalue weighted by atomic mass is 127. The average molecular weight is 492 g/mol.